The van der Waals surface area contributed by atoms with E-state index in [2.05, 4.69) is 30.1 Å². The fourth-order valence-corrected chi connectivity index (χ4v) is 3.06. The van der Waals surface area contributed by atoms with E-state index in [1.165, 1.54) is 5.69 Å². The van der Waals surface area contributed by atoms with Crippen LogP contribution in [0.4, 0.5) is 5.69 Å². The van der Waals surface area contributed by atoms with Crippen molar-refractivity contribution in [3.05, 3.63) is 28.8 Å². The van der Waals surface area contributed by atoms with Crippen LogP contribution in [-0.2, 0) is 6.54 Å². The van der Waals surface area contributed by atoms with Crippen molar-refractivity contribution in [3.8, 4) is 0 Å². The average Bonchev–Trinajstić information content (AvgIpc) is 2.88. The van der Waals surface area contributed by atoms with Gasteiger partial charge in [-0.2, -0.15) is 0 Å². The SMILES string of the molecule is CC(C)CNCc1c(Cl)cccc1N1CCCC1CO. The summed E-state index contributed by atoms with van der Waals surface area (Å²) in [5.41, 5.74) is 2.32. The number of hydrogen-bond donors (Lipinski definition) is 2. The molecule has 0 bridgehead atoms. The fraction of sp³-hybridized carbons (Fsp3) is 0.625. The zero-order valence-corrected chi connectivity index (χ0v) is 13.2. The van der Waals surface area contributed by atoms with Crippen LogP contribution in [0.2, 0.25) is 5.02 Å². The van der Waals surface area contributed by atoms with Crippen molar-refractivity contribution < 1.29 is 5.11 Å². The standard InChI is InChI=1S/C16H25ClN2O/c1-12(2)9-18-10-14-15(17)6-3-7-16(14)19-8-4-5-13(19)11-20/h3,6-7,12-13,18,20H,4-5,8-11H2,1-2H3. The van der Waals surface area contributed by atoms with E-state index in [1.54, 1.807) is 0 Å². The van der Waals surface area contributed by atoms with Gasteiger partial charge < -0.3 is 15.3 Å². The fourth-order valence-electron chi connectivity index (χ4n) is 2.82. The molecule has 0 amide bonds. The Labute approximate surface area is 126 Å². The van der Waals surface area contributed by atoms with Crippen molar-refractivity contribution >= 4 is 17.3 Å². The number of aliphatic hydroxyl groups excluding tert-OH is 1. The summed E-state index contributed by atoms with van der Waals surface area (Å²) in [5, 5.41) is 13.8. The maximum atomic E-state index is 9.52. The van der Waals surface area contributed by atoms with Gasteiger partial charge >= 0.3 is 0 Å². The smallest absolute Gasteiger partial charge is 0.0635 e. The highest BCUT2D eigenvalue weighted by Gasteiger charge is 2.26. The molecule has 0 saturated carbocycles. The third kappa shape index (κ3) is 3.66. The third-order valence-corrected chi connectivity index (χ3v) is 4.20. The molecule has 1 atom stereocenters. The van der Waals surface area contributed by atoms with Gasteiger partial charge in [0.05, 0.1) is 12.6 Å². The first kappa shape index (κ1) is 15.6. The summed E-state index contributed by atoms with van der Waals surface area (Å²) < 4.78 is 0. The Bertz CT molecular complexity index is 436. The summed E-state index contributed by atoms with van der Waals surface area (Å²) in [7, 11) is 0. The number of hydrogen-bond acceptors (Lipinski definition) is 3. The molecule has 1 heterocycles. The van der Waals surface area contributed by atoms with Gasteiger partial charge in [0.15, 0.2) is 0 Å². The topological polar surface area (TPSA) is 35.5 Å². The van der Waals surface area contributed by atoms with Crippen LogP contribution in [0, 0.1) is 5.92 Å². The minimum atomic E-state index is 0.214. The Morgan fingerprint density at radius 1 is 1.45 bits per heavy atom. The van der Waals surface area contributed by atoms with Gasteiger partial charge in [0, 0.05) is 29.4 Å². The van der Waals surface area contributed by atoms with Crippen molar-refractivity contribution in [2.75, 3.05) is 24.6 Å². The average molecular weight is 297 g/mol. The Balaban J connectivity index is 2.17. The second-order valence-electron chi connectivity index (χ2n) is 5.93. The first-order chi connectivity index (χ1) is 9.63. The van der Waals surface area contributed by atoms with Gasteiger partial charge in [-0.05, 0) is 37.4 Å². The minimum absolute atomic E-state index is 0.214. The molecule has 1 saturated heterocycles. The lowest BCUT2D eigenvalue weighted by Gasteiger charge is -2.28. The molecule has 20 heavy (non-hydrogen) atoms. The second-order valence-corrected chi connectivity index (χ2v) is 6.34. The molecular weight excluding hydrogens is 272 g/mol. The summed E-state index contributed by atoms with van der Waals surface area (Å²) in [6, 6.07) is 6.29. The predicted molar refractivity (Wildman–Crippen MR) is 85.5 cm³/mol. The van der Waals surface area contributed by atoms with Crippen LogP contribution in [-0.4, -0.2) is 30.8 Å². The highest BCUT2D eigenvalue weighted by atomic mass is 35.5. The van der Waals surface area contributed by atoms with Crippen molar-refractivity contribution in [1.82, 2.24) is 5.32 Å². The third-order valence-electron chi connectivity index (χ3n) is 3.85. The maximum Gasteiger partial charge on any atom is 0.0635 e. The highest BCUT2D eigenvalue weighted by molar-refractivity contribution is 6.31. The first-order valence-corrected chi connectivity index (χ1v) is 7.87. The van der Waals surface area contributed by atoms with Crippen LogP contribution in [0.15, 0.2) is 18.2 Å². The molecule has 0 radical (unpaired) electrons. The molecule has 2 rings (SSSR count). The zero-order chi connectivity index (χ0) is 14.5. The van der Waals surface area contributed by atoms with Crippen molar-refractivity contribution in [3.63, 3.8) is 0 Å². The van der Waals surface area contributed by atoms with Crippen LogP contribution in [0.3, 0.4) is 0 Å². The molecule has 0 spiro atoms. The van der Waals surface area contributed by atoms with E-state index in [0.717, 1.165) is 43.1 Å². The quantitative estimate of drug-likeness (QED) is 0.847. The van der Waals surface area contributed by atoms with Gasteiger partial charge in [0.1, 0.15) is 0 Å². The van der Waals surface area contributed by atoms with Crippen molar-refractivity contribution in [2.45, 2.75) is 39.3 Å². The van der Waals surface area contributed by atoms with E-state index in [1.807, 2.05) is 12.1 Å². The van der Waals surface area contributed by atoms with E-state index in [9.17, 15) is 5.11 Å². The Kier molecular flexibility index (Phi) is 5.70. The zero-order valence-electron chi connectivity index (χ0n) is 12.4. The molecule has 2 N–H and O–H groups in total. The first-order valence-electron chi connectivity index (χ1n) is 7.49. The van der Waals surface area contributed by atoms with E-state index < -0.39 is 0 Å². The lowest BCUT2D eigenvalue weighted by Crippen LogP contribution is -2.33. The van der Waals surface area contributed by atoms with Crippen LogP contribution < -0.4 is 10.2 Å². The molecule has 1 fully saturated rings. The predicted octanol–water partition coefficient (Wildman–Crippen LogP) is 3.05. The molecule has 112 valence electrons. The van der Waals surface area contributed by atoms with Crippen LogP contribution >= 0.6 is 11.6 Å². The second kappa shape index (κ2) is 7.30. The van der Waals surface area contributed by atoms with Gasteiger partial charge in [0.2, 0.25) is 0 Å². The summed E-state index contributed by atoms with van der Waals surface area (Å²) in [4.78, 5) is 2.30. The molecule has 1 aliphatic rings. The largest absolute Gasteiger partial charge is 0.394 e. The minimum Gasteiger partial charge on any atom is -0.394 e. The summed E-state index contributed by atoms with van der Waals surface area (Å²) in [6.07, 6.45) is 2.19. The molecule has 1 aliphatic heterocycles. The normalized spacial score (nSPS) is 19.1. The van der Waals surface area contributed by atoms with Crippen LogP contribution in [0.1, 0.15) is 32.3 Å². The van der Waals surface area contributed by atoms with E-state index in [-0.39, 0.29) is 12.6 Å². The molecule has 1 unspecified atom stereocenters. The Morgan fingerprint density at radius 2 is 2.25 bits per heavy atom. The summed E-state index contributed by atoms with van der Waals surface area (Å²) in [5.74, 6) is 0.623. The summed E-state index contributed by atoms with van der Waals surface area (Å²) >= 11 is 6.38. The van der Waals surface area contributed by atoms with Gasteiger partial charge in [-0.15, -0.1) is 0 Å². The van der Waals surface area contributed by atoms with Gasteiger partial charge in [-0.3, -0.25) is 0 Å². The monoisotopic (exact) mass is 296 g/mol. The number of aliphatic hydroxyl groups is 1. The Morgan fingerprint density at radius 3 is 2.95 bits per heavy atom. The molecular formula is C16H25ClN2O. The molecule has 3 nitrogen and oxygen atoms in total. The van der Waals surface area contributed by atoms with Crippen LogP contribution in [0.25, 0.3) is 0 Å². The molecule has 4 heteroatoms. The number of rotatable bonds is 6. The maximum absolute atomic E-state index is 9.52. The number of benzene rings is 1. The van der Waals surface area contributed by atoms with Gasteiger partial charge in [-0.1, -0.05) is 31.5 Å². The Hall–Kier alpha value is -0.770. The number of nitrogens with zero attached hydrogens (tertiary/aromatic N) is 1. The van der Waals surface area contributed by atoms with Gasteiger partial charge in [-0.25, -0.2) is 0 Å². The van der Waals surface area contributed by atoms with E-state index >= 15 is 0 Å². The highest BCUT2D eigenvalue weighted by Crippen LogP contribution is 2.32. The lowest BCUT2D eigenvalue weighted by atomic mass is 10.1. The van der Waals surface area contributed by atoms with E-state index in [4.69, 9.17) is 11.6 Å². The van der Waals surface area contributed by atoms with Gasteiger partial charge in [0.25, 0.3) is 0 Å². The number of anilines is 1. The van der Waals surface area contributed by atoms with Crippen molar-refractivity contribution in [2.24, 2.45) is 5.92 Å². The van der Waals surface area contributed by atoms with Crippen molar-refractivity contribution in [1.29, 1.82) is 0 Å². The molecule has 1 aromatic rings. The molecule has 1 aromatic carbocycles. The summed E-state index contributed by atoms with van der Waals surface area (Å²) in [6.45, 7) is 7.37. The molecule has 0 aromatic heterocycles. The number of nitrogens with one attached hydrogen (secondary N) is 1. The van der Waals surface area contributed by atoms with Crippen LogP contribution in [0.5, 0.6) is 0 Å². The van der Waals surface area contributed by atoms with E-state index in [0.29, 0.717) is 5.92 Å². The lowest BCUT2D eigenvalue weighted by molar-refractivity contribution is 0.266. The number of halogens is 1. The molecule has 0 aliphatic carbocycles.